The van der Waals surface area contributed by atoms with Crippen LogP contribution in [0.3, 0.4) is 0 Å². The van der Waals surface area contributed by atoms with Gasteiger partial charge in [0.15, 0.2) is 9.84 Å². The fraction of sp³-hybridized carbons (Fsp3) is 0.208. The van der Waals surface area contributed by atoms with Crippen molar-refractivity contribution in [2.75, 3.05) is 18.4 Å². The molecular weight excluding hydrogens is 436 g/mol. The second-order valence-electron chi connectivity index (χ2n) is 8.00. The molecular formula is C24H24N6O2S. The second-order valence-corrected chi connectivity index (χ2v) is 10.2. The van der Waals surface area contributed by atoms with E-state index < -0.39 is 9.84 Å². The molecule has 0 aliphatic carbocycles. The molecule has 0 spiro atoms. The van der Waals surface area contributed by atoms with Gasteiger partial charge in [0, 0.05) is 23.6 Å². The zero-order chi connectivity index (χ0) is 22.7. The number of H-pyrrole nitrogens is 1. The summed E-state index contributed by atoms with van der Waals surface area (Å²) in [5.74, 6) is 0.444. The fourth-order valence-corrected chi connectivity index (χ4v) is 5.65. The highest BCUT2D eigenvalue weighted by Gasteiger charge is 2.28. The minimum absolute atomic E-state index is 0.317. The predicted molar refractivity (Wildman–Crippen MR) is 130 cm³/mol. The number of piperidine rings is 1. The number of hydrogen-bond acceptors (Lipinski definition) is 7. The molecule has 3 N–H and O–H groups in total. The van der Waals surface area contributed by atoms with Crippen molar-refractivity contribution in [2.45, 2.75) is 23.0 Å². The van der Waals surface area contributed by atoms with Crippen LogP contribution in [-0.2, 0) is 9.84 Å². The molecule has 0 saturated carbocycles. The third-order valence-corrected chi connectivity index (χ3v) is 8.03. The van der Waals surface area contributed by atoms with Gasteiger partial charge in [0.05, 0.1) is 27.5 Å². The molecule has 4 aromatic rings. The van der Waals surface area contributed by atoms with Crippen LogP contribution in [0, 0.1) is 0 Å². The van der Waals surface area contributed by atoms with E-state index in [1.54, 1.807) is 43.0 Å². The van der Waals surface area contributed by atoms with Crippen molar-refractivity contribution in [1.82, 2.24) is 25.3 Å². The number of nitrogens with one attached hydrogen (secondary N) is 3. The quantitative estimate of drug-likeness (QED) is 0.401. The summed E-state index contributed by atoms with van der Waals surface area (Å²) in [6, 6.07) is 12.8. The predicted octanol–water partition coefficient (Wildman–Crippen LogP) is 3.79. The van der Waals surface area contributed by atoms with Crippen molar-refractivity contribution < 1.29 is 8.42 Å². The van der Waals surface area contributed by atoms with Crippen LogP contribution in [0.4, 0.5) is 11.6 Å². The Morgan fingerprint density at radius 3 is 2.39 bits per heavy atom. The zero-order valence-electron chi connectivity index (χ0n) is 17.9. The highest BCUT2D eigenvalue weighted by atomic mass is 32.2. The molecule has 0 bridgehead atoms. The summed E-state index contributed by atoms with van der Waals surface area (Å²) in [5.41, 5.74) is 4.56. The molecule has 0 amide bonds. The van der Waals surface area contributed by atoms with E-state index in [0.29, 0.717) is 23.7 Å². The molecule has 1 fully saturated rings. The van der Waals surface area contributed by atoms with Crippen LogP contribution in [0.5, 0.6) is 0 Å². The van der Waals surface area contributed by atoms with Gasteiger partial charge in [0.1, 0.15) is 0 Å². The lowest BCUT2D eigenvalue weighted by atomic mass is 10.1. The Labute approximate surface area is 192 Å². The SMILES string of the molecule is O=S(=O)(c1ccc(Nc2ncc(/C=C/c3ccc4[nH]cnc4c3)cn2)cc1)C1CCNCC1. The lowest BCUT2D eigenvalue weighted by Gasteiger charge is -2.22. The number of hydrogen-bond donors (Lipinski definition) is 3. The molecule has 5 rings (SSSR count). The van der Waals surface area contributed by atoms with Crippen molar-refractivity contribution in [3.8, 4) is 0 Å². The molecule has 1 aliphatic heterocycles. The maximum Gasteiger partial charge on any atom is 0.227 e. The molecule has 1 saturated heterocycles. The largest absolute Gasteiger partial charge is 0.345 e. The van der Waals surface area contributed by atoms with Crippen LogP contribution in [0.25, 0.3) is 23.2 Å². The molecule has 8 nitrogen and oxygen atoms in total. The fourth-order valence-electron chi connectivity index (χ4n) is 3.89. The van der Waals surface area contributed by atoms with Crippen LogP contribution >= 0.6 is 0 Å². The van der Waals surface area contributed by atoms with Crippen molar-refractivity contribution in [3.63, 3.8) is 0 Å². The van der Waals surface area contributed by atoms with E-state index in [2.05, 4.69) is 30.6 Å². The summed E-state index contributed by atoms with van der Waals surface area (Å²) < 4.78 is 25.6. The van der Waals surface area contributed by atoms with Crippen molar-refractivity contribution in [3.05, 3.63) is 72.3 Å². The van der Waals surface area contributed by atoms with E-state index in [1.165, 1.54) is 0 Å². The maximum atomic E-state index is 12.8. The minimum atomic E-state index is -3.31. The van der Waals surface area contributed by atoms with Crippen LogP contribution in [0.1, 0.15) is 24.0 Å². The van der Waals surface area contributed by atoms with Gasteiger partial charge in [0.25, 0.3) is 0 Å². The monoisotopic (exact) mass is 460 g/mol. The topological polar surface area (TPSA) is 113 Å². The first-order valence-electron chi connectivity index (χ1n) is 10.8. The number of fused-ring (bicyclic) bond motifs is 1. The average molecular weight is 461 g/mol. The Hall–Kier alpha value is -3.56. The van der Waals surface area contributed by atoms with E-state index in [4.69, 9.17) is 0 Å². The van der Waals surface area contributed by atoms with E-state index in [0.717, 1.165) is 40.9 Å². The van der Waals surface area contributed by atoms with E-state index in [1.807, 2.05) is 30.4 Å². The van der Waals surface area contributed by atoms with E-state index in [9.17, 15) is 8.42 Å². The normalized spacial score (nSPS) is 15.3. The summed E-state index contributed by atoms with van der Waals surface area (Å²) in [7, 11) is -3.31. The number of aromatic amines is 1. The van der Waals surface area contributed by atoms with Crippen LogP contribution < -0.4 is 10.6 Å². The van der Waals surface area contributed by atoms with Gasteiger partial charge in [-0.05, 0) is 67.9 Å². The number of imidazole rings is 1. The van der Waals surface area contributed by atoms with Gasteiger partial charge in [-0.1, -0.05) is 18.2 Å². The summed E-state index contributed by atoms with van der Waals surface area (Å²) in [4.78, 5) is 16.4. The van der Waals surface area contributed by atoms with Crippen molar-refractivity contribution in [1.29, 1.82) is 0 Å². The average Bonchev–Trinajstić information content (AvgIpc) is 3.33. The zero-order valence-corrected chi connectivity index (χ0v) is 18.7. The number of rotatable bonds is 6. The molecule has 33 heavy (non-hydrogen) atoms. The molecule has 3 heterocycles. The van der Waals surface area contributed by atoms with Gasteiger partial charge in [-0.15, -0.1) is 0 Å². The van der Waals surface area contributed by atoms with Crippen LogP contribution in [0.2, 0.25) is 0 Å². The van der Waals surface area contributed by atoms with E-state index >= 15 is 0 Å². The number of anilines is 2. The number of aromatic nitrogens is 4. The summed E-state index contributed by atoms with van der Waals surface area (Å²) in [6.45, 7) is 1.48. The summed E-state index contributed by atoms with van der Waals surface area (Å²) in [6.07, 6.45) is 10.4. The first-order chi connectivity index (χ1) is 16.1. The molecule has 2 aromatic heterocycles. The van der Waals surface area contributed by atoms with Gasteiger partial charge in [0.2, 0.25) is 5.95 Å². The third-order valence-electron chi connectivity index (χ3n) is 5.75. The number of benzene rings is 2. The molecule has 9 heteroatoms. The summed E-state index contributed by atoms with van der Waals surface area (Å²) in [5, 5.41) is 6.00. The maximum absolute atomic E-state index is 12.8. The molecule has 2 aromatic carbocycles. The van der Waals surface area contributed by atoms with E-state index in [-0.39, 0.29) is 5.25 Å². The number of nitrogens with zero attached hydrogens (tertiary/aromatic N) is 3. The lowest BCUT2D eigenvalue weighted by molar-refractivity contribution is 0.496. The molecule has 0 atom stereocenters. The Morgan fingerprint density at radius 2 is 1.64 bits per heavy atom. The first kappa shape index (κ1) is 21.3. The summed E-state index contributed by atoms with van der Waals surface area (Å²) >= 11 is 0. The van der Waals surface area contributed by atoms with Crippen molar-refractivity contribution >= 4 is 44.7 Å². The molecule has 1 aliphatic rings. The minimum Gasteiger partial charge on any atom is -0.345 e. The number of sulfone groups is 1. The molecule has 168 valence electrons. The third kappa shape index (κ3) is 4.79. The van der Waals surface area contributed by atoms with Crippen LogP contribution in [0.15, 0.2) is 66.1 Å². The van der Waals surface area contributed by atoms with Gasteiger partial charge >= 0.3 is 0 Å². The van der Waals surface area contributed by atoms with Gasteiger partial charge in [-0.25, -0.2) is 23.4 Å². The standard InChI is InChI=1S/C24H24N6O2S/c31-33(32,21-9-11-25-12-10-21)20-6-4-19(5-7-20)30-24-26-14-18(15-27-24)2-1-17-3-8-22-23(13-17)29-16-28-22/h1-8,13-16,21,25H,9-12H2,(H,28,29)(H,26,27,30)/b2-1+. The Balaban J connectivity index is 1.23. The highest BCUT2D eigenvalue weighted by molar-refractivity contribution is 7.92. The highest BCUT2D eigenvalue weighted by Crippen LogP contribution is 2.24. The Kier molecular flexibility index (Phi) is 5.89. The lowest BCUT2D eigenvalue weighted by Crippen LogP contribution is -2.35. The molecule has 0 radical (unpaired) electrons. The van der Waals surface area contributed by atoms with Gasteiger partial charge < -0.3 is 15.6 Å². The van der Waals surface area contributed by atoms with Gasteiger partial charge in [-0.2, -0.15) is 0 Å². The smallest absolute Gasteiger partial charge is 0.227 e. The van der Waals surface area contributed by atoms with Crippen LogP contribution in [-0.4, -0.2) is 46.7 Å². The molecule has 0 unspecified atom stereocenters. The second kappa shape index (κ2) is 9.13. The Bertz CT molecular complexity index is 1370. The van der Waals surface area contributed by atoms with Gasteiger partial charge in [-0.3, -0.25) is 0 Å². The first-order valence-corrected chi connectivity index (χ1v) is 12.4. The van der Waals surface area contributed by atoms with Crippen molar-refractivity contribution in [2.24, 2.45) is 0 Å². The Morgan fingerprint density at radius 1 is 0.909 bits per heavy atom.